The molecule has 114 valence electrons. The molecule has 0 aliphatic carbocycles. The molecule has 1 heterocycles. The number of hydrogen-bond acceptors (Lipinski definition) is 4. The lowest BCUT2D eigenvalue weighted by molar-refractivity contribution is -0.114. The monoisotopic (exact) mass is 306 g/mol. The zero-order valence-electron chi connectivity index (χ0n) is 12.4. The summed E-state index contributed by atoms with van der Waals surface area (Å²) in [5.41, 5.74) is 1.85. The van der Waals surface area contributed by atoms with Crippen molar-refractivity contribution in [2.24, 2.45) is 0 Å². The molecule has 0 bridgehead atoms. The van der Waals surface area contributed by atoms with E-state index in [0.29, 0.717) is 28.0 Å². The molecule has 0 spiro atoms. The molecule has 0 atom stereocenters. The highest BCUT2D eigenvalue weighted by Gasteiger charge is 2.09. The van der Waals surface area contributed by atoms with Gasteiger partial charge in [0.05, 0.1) is 5.52 Å². The summed E-state index contributed by atoms with van der Waals surface area (Å²) in [6.45, 7) is 1.41. The number of rotatable bonds is 3. The third-order valence-corrected chi connectivity index (χ3v) is 3.22. The Morgan fingerprint density at radius 2 is 1.74 bits per heavy atom. The molecule has 2 amide bonds. The predicted molar refractivity (Wildman–Crippen MR) is 88.2 cm³/mol. The summed E-state index contributed by atoms with van der Waals surface area (Å²) in [6.07, 6.45) is 1.38. The molecule has 0 aliphatic heterocycles. The number of anilines is 2. The lowest BCUT2D eigenvalue weighted by Gasteiger charge is -2.09. The van der Waals surface area contributed by atoms with Crippen LogP contribution in [0.25, 0.3) is 10.9 Å². The summed E-state index contributed by atoms with van der Waals surface area (Å²) in [5.74, 6) is -0.00934. The maximum Gasteiger partial charge on any atom is 0.255 e. The Morgan fingerprint density at radius 3 is 2.48 bits per heavy atom. The van der Waals surface area contributed by atoms with Crippen molar-refractivity contribution in [2.45, 2.75) is 6.92 Å². The van der Waals surface area contributed by atoms with Crippen molar-refractivity contribution >= 4 is 34.2 Å². The van der Waals surface area contributed by atoms with E-state index in [4.69, 9.17) is 0 Å². The van der Waals surface area contributed by atoms with E-state index in [2.05, 4.69) is 20.6 Å². The fraction of sp³-hybridized carbons (Fsp3) is 0.0588. The highest BCUT2D eigenvalue weighted by molar-refractivity contribution is 6.06. The quantitative estimate of drug-likeness (QED) is 0.779. The Hall–Kier alpha value is -3.28. The predicted octanol–water partition coefficient (Wildman–Crippen LogP) is 2.84. The summed E-state index contributed by atoms with van der Waals surface area (Å²) < 4.78 is 0. The number of nitrogens with zero attached hydrogens (tertiary/aromatic N) is 2. The number of carbonyl (C=O) groups excluding carboxylic acids is 2. The summed E-state index contributed by atoms with van der Waals surface area (Å²) in [6, 6.07) is 14.2. The second-order valence-corrected chi connectivity index (χ2v) is 4.96. The number of aromatic nitrogens is 2. The zero-order chi connectivity index (χ0) is 16.2. The highest BCUT2D eigenvalue weighted by Crippen LogP contribution is 2.23. The van der Waals surface area contributed by atoms with Crippen LogP contribution >= 0.6 is 0 Å². The van der Waals surface area contributed by atoms with Crippen LogP contribution in [0.4, 0.5) is 11.5 Å². The first kappa shape index (κ1) is 14.6. The molecule has 2 aromatic carbocycles. The number of carbonyl (C=O) groups is 2. The summed E-state index contributed by atoms with van der Waals surface area (Å²) in [7, 11) is 0. The Labute approximate surface area is 132 Å². The van der Waals surface area contributed by atoms with Gasteiger partial charge in [0, 0.05) is 23.6 Å². The largest absolute Gasteiger partial charge is 0.322 e. The second-order valence-electron chi connectivity index (χ2n) is 4.96. The average Bonchev–Trinajstić information content (AvgIpc) is 2.56. The summed E-state index contributed by atoms with van der Waals surface area (Å²) >= 11 is 0. The molecule has 3 aromatic rings. The van der Waals surface area contributed by atoms with E-state index in [1.54, 1.807) is 42.5 Å². The summed E-state index contributed by atoms with van der Waals surface area (Å²) in [4.78, 5) is 31.7. The first-order valence-electron chi connectivity index (χ1n) is 7.02. The molecular weight excluding hydrogens is 292 g/mol. The topological polar surface area (TPSA) is 84.0 Å². The van der Waals surface area contributed by atoms with Crippen LogP contribution in [0.2, 0.25) is 0 Å². The van der Waals surface area contributed by atoms with Crippen LogP contribution in [0.3, 0.4) is 0 Å². The van der Waals surface area contributed by atoms with Crippen LogP contribution in [0, 0.1) is 0 Å². The molecule has 0 fully saturated rings. The van der Waals surface area contributed by atoms with Crippen molar-refractivity contribution in [3.8, 4) is 0 Å². The van der Waals surface area contributed by atoms with Crippen molar-refractivity contribution in [1.82, 2.24) is 9.97 Å². The highest BCUT2D eigenvalue weighted by atomic mass is 16.2. The Morgan fingerprint density at radius 1 is 0.957 bits per heavy atom. The number of hydrogen-bond donors (Lipinski definition) is 2. The Balaban J connectivity index is 1.93. The first-order chi connectivity index (χ1) is 11.1. The average molecular weight is 306 g/mol. The van der Waals surface area contributed by atoms with E-state index < -0.39 is 0 Å². The molecule has 6 heteroatoms. The number of fused-ring (bicyclic) bond motifs is 1. The molecule has 3 rings (SSSR count). The SMILES string of the molecule is CC(=O)Nc1ncnc2ccc(NC(=O)c3ccccc3)cc12. The molecular formula is C17H14N4O2. The number of benzene rings is 2. The smallest absolute Gasteiger partial charge is 0.255 e. The fourth-order valence-electron chi connectivity index (χ4n) is 2.19. The molecule has 1 aromatic heterocycles. The normalized spacial score (nSPS) is 10.3. The fourth-order valence-corrected chi connectivity index (χ4v) is 2.19. The van der Waals surface area contributed by atoms with Gasteiger partial charge in [0.1, 0.15) is 12.1 Å². The molecule has 0 aliphatic rings. The van der Waals surface area contributed by atoms with Gasteiger partial charge in [-0.3, -0.25) is 9.59 Å². The van der Waals surface area contributed by atoms with E-state index in [-0.39, 0.29) is 11.8 Å². The van der Waals surface area contributed by atoms with Gasteiger partial charge in [-0.2, -0.15) is 0 Å². The van der Waals surface area contributed by atoms with Gasteiger partial charge in [0.25, 0.3) is 5.91 Å². The van der Waals surface area contributed by atoms with Crippen LogP contribution in [-0.4, -0.2) is 21.8 Å². The summed E-state index contributed by atoms with van der Waals surface area (Å²) in [5, 5.41) is 6.14. The minimum atomic E-state index is -0.219. The third-order valence-electron chi connectivity index (χ3n) is 3.22. The van der Waals surface area contributed by atoms with Gasteiger partial charge in [0.15, 0.2) is 0 Å². The molecule has 0 saturated heterocycles. The first-order valence-corrected chi connectivity index (χ1v) is 7.02. The molecule has 6 nitrogen and oxygen atoms in total. The van der Waals surface area contributed by atoms with Crippen LogP contribution in [0.5, 0.6) is 0 Å². The van der Waals surface area contributed by atoms with Gasteiger partial charge in [-0.25, -0.2) is 9.97 Å². The lowest BCUT2D eigenvalue weighted by Crippen LogP contribution is -2.12. The van der Waals surface area contributed by atoms with Crippen molar-refractivity contribution in [2.75, 3.05) is 10.6 Å². The van der Waals surface area contributed by atoms with Crippen molar-refractivity contribution in [3.63, 3.8) is 0 Å². The van der Waals surface area contributed by atoms with Gasteiger partial charge in [0.2, 0.25) is 5.91 Å². The minimum Gasteiger partial charge on any atom is -0.322 e. The van der Waals surface area contributed by atoms with Crippen LogP contribution < -0.4 is 10.6 Å². The van der Waals surface area contributed by atoms with E-state index in [0.717, 1.165) is 0 Å². The van der Waals surface area contributed by atoms with Gasteiger partial charge in [-0.05, 0) is 30.3 Å². The van der Waals surface area contributed by atoms with E-state index >= 15 is 0 Å². The van der Waals surface area contributed by atoms with Gasteiger partial charge < -0.3 is 10.6 Å². The third kappa shape index (κ3) is 3.32. The van der Waals surface area contributed by atoms with E-state index in [1.165, 1.54) is 13.3 Å². The molecule has 0 radical (unpaired) electrons. The van der Waals surface area contributed by atoms with E-state index in [9.17, 15) is 9.59 Å². The van der Waals surface area contributed by atoms with Gasteiger partial charge in [-0.1, -0.05) is 18.2 Å². The van der Waals surface area contributed by atoms with Gasteiger partial charge in [-0.15, -0.1) is 0 Å². The molecule has 0 unspecified atom stereocenters. The van der Waals surface area contributed by atoms with E-state index in [1.807, 2.05) is 6.07 Å². The molecule has 0 saturated carbocycles. The maximum absolute atomic E-state index is 12.2. The lowest BCUT2D eigenvalue weighted by atomic mass is 10.2. The standard InChI is InChI=1S/C17H14N4O2/c1-11(22)20-16-14-9-13(7-8-15(14)18-10-19-16)21-17(23)12-5-3-2-4-6-12/h2-10H,1H3,(H,21,23)(H,18,19,20,22). The van der Waals surface area contributed by atoms with Gasteiger partial charge >= 0.3 is 0 Å². The van der Waals surface area contributed by atoms with Crippen LogP contribution in [0.15, 0.2) is 54.9 Å². The van der Waals surface area contributed by atoms with Crippen molar-refractivity contribution < 1.29 is 9.59 Å². The Kier molecular flexibility index (Phi) is 3.97. The minimum absolute atomic E-state index is 0.206. The van der Waals surface area contributed by atoms with Crippen molar-refractivity contribution in [3.05, 3.63) is 60.4 Å². The number of nitrogens with one attached hydrogen (secondary N) is 2. The van der Waals surface area contributed by atoms with Crippen LogP contribution in [0.1, 0.15) is 17.3 Å². The van der Waals surface area contributed by atoms with Crippen molar-refractivity contribution in [1.29, 1.82) is 0 Å². The maximum atomic E-state index is 12.2. The molecule has 23 heavy (non-hydrogen) atoms. The second kappa shape index (κ2) is 6.23. The van der Waals surface area contributed by atoms with Crippen LogP contribution in [-0.2, 0) is 4.79 Å². The number of amides is 2. The molecule has 2 N–H and O–H groups in total. The Bertz CT molecular complexity index is 878. The zero-order valence-corrected chi connectivity index (χ0v) is 12.4.